The van der Waals surface area contributed by atoms with Gasteiger partial charge in [0.2, 0.25) is 0 Å². The van der Waals surface area contributed by atoms with Crippen molar-refractivity contribution in [2.24, 2.45) is 4.40 Å². The lowest BCUT2D eigenvalue weighted by molar-refractivity contribution is 0.0302. The van der Waals surface area contributed by atoms with Crippen LogP contribution in [0, 0.1) is 0 Å². The van der Waals surface area contributed by atoms with Gasteiger partial charge < -0.3 is 9.64 Å². The van der Waals surface area contributed by atoms with Gasteiger partial charge in [0, 0.05) is 13.0 Å². The van der Waals surface area contributed by atoms with Crippen molar-refractivity contribution >= 4 is 22.8 Å². The molecule has 0 aromatic carbocycles. The second kappa shape index (κ2) is 5.61. The fourth-order valence-electron chi connectivity index (χ4n) is 1.45. The number of carbonyl (C=O) groups excluding carboxylic acids is 1. The van der Waals surface area contributed by atoms with Gasteiger partial charge in [-0.2, -0.15) is 4.40 Å². The van der Waals surface area contributed by atoms with Crippen LogP contribution in [0.1, 0.15) is 48.0 Å². The second-order valence-corrected chi connectivity index (χ2v) is 8.58. The summed E-state index contributed by atoms with van der Waals surface area (Å²) in [4.78, 5) is 13.5. The molecule has 0 aliphatic carbocycles. The van der Waals surface area contributed by atoms with Crippen molar-refractivity contribution < 1.29 is 13.7 Å². The van der Waals surface area contributed by atoms with Crippen molar-refractivity contribution in [2.75, 3.05) is 13.1 Å². The molecule has 1 fully saturated rings. The van der Waals surface area contributed by atoms with E-state index in [-0.39, 0.29) is 10.8 Å². The van der Waals surface area contributed by atoms with Crippen molar-refractivity contribution in [1.29, 1.82) is 0 Å². The average Bonchev–Trinajstić information content (AvgIpc) is 2.62. The molecule has 1 aliphatic rings. The lowest BCUT2D eigenvalue weighted by atomic mass is 10.2. The molecule has 1 saturated heterocycles. The minimum absolute atomic E-state index is 0.334. The molecule has 1 unspecified atom stereocenters. The molecule has 0 saturated carbocycles. The van der Waals surface area contributed by atoms with E-state index in [1.54, 1.807) is 4.90 Å². The maximum atomic E-state index is 11.9. The first kappa shape index (κ1) is 16.1. The van der Waals surface area contributed by atoms with E-state index in [1.165, 1.54) is 0 Å². The summed E-state index contributed by atoms with van der Waals surface area (Å²) in [7, 11) is -1.27. The smallest absolute Gasteiger partial charge is 0.410 e. The number of hydrogen-bond acceptors (Lipinski definition) is 3. The highest BCUT2D eigenvalue weighted by Gasteiger charge is 2.28. The molecule has 0 N–H and O–H groups in total. The zero-order valence-corrected chi connectivity index (χ0v) is 13.5. The summed E-state index contributed by atoms with van der Waals surface area (Å²) in [6, 6.07) is 0. The van der Waals surface area contributed by atoms with Crippen LogP contribution in [0.2, 0.25) is 0 Å². The molecule has 0 spiro atoms. The van der Waals surface area contributed by atoms with Gasteiger partial charge in [-0.1, -0.05) is 0 Å². The van der Waals surface area contributed by atoms with E-state index in [0.29, 0.717) is 19.5 Å². The maximum Gasteiger partial charge on any atom is 0.410 e. The van der Waals surface area contributed by atoms with Crippen LogP contribution in [0.5, 0.6) is 0 Å². The first-order chi connectivity index (χ1) is 8.49. The third-order valence-corrected chi connectivity index (χ3v) is 3.90. The molecule has 110 valence electrons. The van der Waals surface area contributed by atoms with Crippen LogP contribution < -0.4 is 0 Å². The Balaban J connectivity index is 2.62. The molecular weight excluding hydrogens is 264 g/mol. The number of ether oxygens (including phenoxy) is 1. The topological polar surface area (TPSA) is 59.0 Å². The van der Waals surface area contributed by atoms with E-state index < -0.39 is 16.6 Å². The van der Waals surface area contributed by atoms with Crippen LogP contribution in [-0.4, -0.2) is 44.4 Å². The summed E-state index contributed by atoms with van der Waals surface area (Å²) in [5, 5.41) is 0. The van der Waals surface area contributed by atoms with Gasteiger partial charge in [-0.3, -0.25) is 0 Å². The number of hydrogen-bond donors (Lipinski definition) is 0. The standard InChI is InChI=1S/C13H24N2O3S/c1-12(2,3)18-11(16)15-8-7-10(9-15)14-19(17)13(4,5)6/h7-9H2,1-6H3/b14-10+. The van der Waals surface area contributed by atoms with Crippen molar-refractivity contribution in [2.45, 2.75) is 58.3 Å². The highest BCUT2D eigenvalue weighted by atomic mass is 32.2. The molecule has 6 heteroatoms. The lowest BCUT2D eigenvalue weighted by Crippen LogP contribution is -2.35. The monoisotopic (exact) mass is 288 g/mol. The van der Waals surface area contributed by atoms with E-state index in [0.717, 1.165) is 5.71 Å². The van der Waals surface area contributed by atoms with E-state index in [4.69, 9.17) is 4.74 Å². The van der Waals surface area contributed by atoms with Gasteiger partial charge in [0.15, 0.2) is 0 Å². The Morgan fingerprint density at radius 2 is 1.84 bits per heavy atom. The van der Waals surface area contributed by atoms with Crippen LogP contribution >= 0.6 is 0 Å². The largest absolute Gasteiger partial charge is 0.444 e. The molecule has 0 bridgehead atoms. The predicted molar refractivity (Wildman–Crippen MR) is 77.8 cm³/mol. The van der Waals surface area contributed by atoms with Crippen molar-refractivity contribution in [1.82, 2.24) is 4.90 Å². The van der Waals surface area contributed by atoms with Crippen LogP contribution in [0.15, 0.2) is 4.40 Å². The van der Waals surface area contributed by atoms with Gasteiger partial charge in [0.05, 0.1) is 17.0 Å². The number of carbonyl (C=O) groups is 1. The van der Waals surface area contributed by atoms with Crippen LogP contribution in [0.3, 0.4) is 0 Å². The molecule has 1 amide bonds. The lowest BCUT2D eigenvalue weighted by Gasteiger charge is -2.23. The molecule has 1 atom stereocenters. The zero-order valence-electron chi connectivity index (χ0n) is 12.6. The molecule has 0 aromatic rings. The normalized spacial score (nSPS) is 20.7. The zero-order chi connectivity index (χ0) is 14.8. The SMILES string of the molecule is CC(C)(C)OC(=O)N1CC/C(=N\S(=O)C(C)(C)C)C1. The van der Waals surface area contributed by atoms with Gasteiger partial charge in [-0.05, 0) is 41.5 Å². The summed E-state index contributed by atoms with van der Waals surface area (Å²) in [6.07, 6.45) is 0.334. The number of amides is 1. The number of rotatable bonds is 1. The minimum Gasteiger partial charge on any atom is -0.444 e. The minimum atomic E-state index is -1.27. The van der Waals surface area contributed by atoms with E-state index in [9.17, 15) is 9.00 Å². The number of nitrogens with zero attached hydrogens (tertiary/aromatic N) is 2. The van der Waals surface area contributed by atoms with Crippen molar-refractivity contribution in [3.8, 4) is 0 Å². The molecule has 1 aliphatic heterocycles. The Labute approximate surface area is 118 Å². The van der Waals surface area contributed by atoms with Crippen LogP contribution in [-0.2, 0) is 15.7 Å². The van der Waals surface area contributed by atoms with Gasteiger partial charge >= 0.3 is 6.09 Å². The van der Waals surface area contributed by atoms with E-state index in [1.807, 2.05) is 41.5 Å². The summed E-state index contributed by atoms with van der Waals surface area (Å²) in [5.74, 6) is 0. The maximum absolute atomic E-state index is 11.9. The fourth-order valence-corrected chi connectivity index (χ4v) is 2.11. The molecule has 0 aromatic heterocycles. The van der Waals surface area contributed by atoms with Gasteiger partial charge in [-0.25, -0.2) is 9.00 Å². The number of likely N-dealkylation sites (tertiary alicyclic amines) is 1. The molecule has 0 radical (unpaired) electrons. The molecule has 5 nitrogen and oxygen atoms in total. The fraction of sp³-hybridized carbons (Fsp3) is 0.846. The van der Waals surface area contributed by atoms with Crippen molar-refractivity contribution in [3.63, 3.8) is 0 Å². The Bertz CT molecular complexity index is 405. The van der Waals surface area contributed by atoms with E-state index >= 15 is 0 Å². The second-order valence-electron chi connectivity index (χ2n) is 6.67. The molecule has 19 heavy (non-hydrogen) atoms. The quantitative estimate of drug-likeness (QED) is 0.745. The Morgan fingerprint density at radius 3 is 2.32 bits per heavy atom. The highest BCUT2D eigenvalue weighted by molar-refractivity contribution is 7.85. The average molecular weight is 288 g/mol. The van der Waals surface area contributed by atoms with Gasteiger partial charge in [-0.15, -0.1) is 0 Å². The highest BCUT2D eigenvalue weighted by Crippen LogP contribution is 2.17. The van der Waals surface area contributed by atoms with Crippen LogP contribution in [0.4, 0.5) is 4.79 Å². The first-order valence-corrected chi connectivity index (χ1v) is 7.56. The Kier molecular flexibility index (Phi) is 4.76. The Morgan fingerprint density at radius 1 is 1.26 bits per heavy atom. The summed E-state index contributed by atoms with van der Waals surface area (Å²) in [6.45, 7) is 12.2. The molecule has 1 rings (SSSR count). The third kappa shape index (κ3) is 5.30. The third-order valence-electron chi connectivity index (χ3n) is 2.43. The summed E-state index contributed by atoms with van der Waals surface area (Å²) < 4.78 is 21.1. The van der Waals surface area contributed by atoms with Crippen molar-refractivity contribution in [3.05, 3.63) is 0 Å². The molecule has 1 heterocycles. The van der Waals surface area contributed by atoms with Crippen LogP contribution in [0.25, 0.3) is 0 Å². The Hall–Kier alpha value is -0.910. The first-order valence-electron chi connectivity index (χ1n) is 6.45. The van der Waals surface area contributed by atoms with Gasteiger partial charge in [0.25, 0.3) is 0 Å². The van der Waals surface area contributed by atoms with Gasteiger partial charge in [0.1, 0.15) is 16.6 Å². The summed E-state index contributed by atoms with van der Waals surface area (Å²) >= 11 is 0. The summed E-state index contributed by atoms with van der Waals surface area (Å²) in [5.41, 5.74) is 0.310. The molecular formula is C13H24N2O3S. The predicted octanol–water partition coefficient (Wildman–Crippen LogP) is 2.53. The van der Waals surface area contributed by atoms with E-state index in [2.05, 4.69) is 4.40 Å².